The maximum Gasteiger partial charge on any atom is 0.0466 e. The fourth-order valence-electron chi connectivity index (χ4n) is 2.24. The minimum absolute atomic E-state index is 0.366. The van der Waals surface area contributed by atoms with Crippen LogP contribution >= 0.6 is 22.7 Å². The lowest BCUT2D eigenvalue weighted by Gasteiger charge is -2.17. The summed E-state index contributed by atoms with van der Waals surface area (Å²) in [6.45, 7) is 2.86. The van der Waals surface area contributed by atoms with E-state index in [1.54, 1.807) is 0 Å². The van der Waals surface area contributed by atoms with E-state index in [-0.39, 0.29) is 0 Å². The van der Waals surface area contributed by atoms with E-state index in [2.05, 4.69) is 57.5 Å². The van der Waals surface area contributed by atoms with Gasteiger partial charge in [-0.1, -0.05) is 18.2 Å². The molecule has 0 spiro atoms. The third-order valence-corrected chi connectivity index (χ3v) is 5.28. The maximum absolute atomic E-state index is 4.36. The Bertz CT molecular complexity index is 643. The number of nitrogens with one attached hydrogen (secondary N) is 1. The Morgan fingerprint density at radius 2 is 1.95 bits per heavy atom. The van der Waals surface area contributed by atoms with Gasteiger partial charge in [0.25, 0.3) is 0 Å². The molecular weight excluding hydrogens is 296 g/mol. The van der Waals surface area contributed by atoms with Crippen LogP contribution < -0.4 is 5.32 Å². The van der Waals surface area contributed by atoms with Gasteiger partial charge in [-0.25, -0.2) is 0 Å². The fourth-order valence-corrected chi connectivity index (χ4v) is 3.79. The maximum atomic E-state index is 4.36. The minimum atomic E-state index is 0.366. The standard InChI is InChI=1S/C17H18N2S2/c1-13-6-7-14(11-18-13)12-19-16(17-5-3-9-21-17)10-15-4-2-8-20-15/h2-9,11,16,19H,10,12H2,1H3. The molecule has 21 heavy (non-hydrogen) atoms. The zero-order valence-corrected chi connectivity index (χ0v) is 13.6. The predicted molar refractivity (Wildman–Crippen MR) is 90.9 cm³/mol. The Balaban J connectivity index is 1.69. The zero-order valence-electron chi connectivity index (χ0n) is 12.0. The van der Waals surface area contributed by atoms with E-state index in [1.165, 1.54) is 15.3 Å². The van der Waals surface area contributed by atoms with Gasteiger partial charge < -0.3 is 5.32 Å². The number of rotatable bonds is 6. The van der Waals surface area contributed by atoms with E-state index >= 15 is 0 Å². The van der Waals surface area contributed by atoms with E-state index < -0.39 is 0 Å². The van der Waals surface area contributed by atoms with Gasteiger partial charge in [-0.15, -0.1) is 22.7 Å². The second kappa shape index (κ2) is 6.98. The lowest BCUT2D eigenvalue weighted by molar-refractivity contribution is 0.540. The molecule has 1 unspecified atom stereocenters. The van der Waals surface area contributed by atoms with E-state index in [1.807, 2.05) is 35.8 Å². The molecule has 3 aromatic heterocycles. The largest absolute Gasteiger partial charge is 0.305 e. The van der Waals surface area contributed by atoms with E-state index in [9.17, 15) is 0 Å². The van der Waals surface area contributed by atoms with Crippen molar-refractivity contribution >= 4 is 22.7 Å². The summed E-state index contributed by atoms with van der Waals surface area (Å²) < 4.78 is 0. The van der Waals surface area contributed by atoms with Gasteiger partial charge in [0.15, 0.2) is 0 Å². The summed E-state index contributed by atoms with van der Waals surface area (Å²) in [5.74, 6) is 0. The van der Waals surface area contributed by atoms with Crippen molar-refractivity contribution in [1.82, 2.24) is 10.3 Å². The average molecular weight is 314 g/mol. The van der Waals surface area contributed by atoms with Gasteiger partial charge in [0.05, 0.1) is 0 Å². The number of aryl methyl sites for hydroxylation is 1. The monoisotopic (exact) mass is 314 g/mol. The van der Waals surface area contributed by atoms with E-state index in [0.717, 1.165) is 18.7 Å². The molecule has 108 valence electrons. The number of hydrogen-bond acceptors (Lipinski definition) is 4. The third kappa shape index (κ3) is 4.00. The van der Waals surface area contributed by atoms with Gasteiger partial charge in [0.1, 0.15) is 0 Å². The highest BCUT2D eigenvalue weighted by molar-refractivity contribution is 7.10. The highest BCUT2D eigenvalue weighted by Gasteiger charge is 2.13. The van der Waals surface area contributed by atoms with Crippen LogP contribution in [-0.4, -0.2) is 4.98 Å². The summed E-state index contributed by atoms with van der Waals surface area (Å²) in [5.41, 5.74) is 2.29. The molecule has 2 nitrogen and oxygen atoms in total. The summed E-state index contributed by atoms with van der Waals surface area (Å²) in [5, 5.41) is 7.96. The van der Waals surface area contributed by atoms with Crippen molar-refractivity contribution in [2.24, 2.45) is 0 Å². The van der Waals surface area contributed by atoms with E-state index in [4.69, 9.17) is 0 Å². The van der Waals surface area contributed by atoms with Gasteiger partial charge in [-0.2, -0.15) is 0 Å². The quantitative estimate of drug-likeness (QED) is 0.720. The van der Waals surface area contributed by atoms with Gasteiger partial charge in [0.2, 0.25) is 0 Å². The van der Waals surface area contributed by atoms with Crippen LogP contribution in [0.2, 0.25) is 0 Å². The first-order valence-electron chi connectivity index (χ1n) is 7.02. The summed E-state index contributed by atoms with van der Waals surface area (Å²) in [6.07, 6.45) is 3.00. The molecule has 1 atom stereocenters. The minimum Gasteiger partial charge on any atom is -0.305 e. The SMILES string of the molecule is Cc1ccc(CNC(Cc2cccs2)c2cccs2)cn1. The number of nitrogens with zero attached hydrogens (tertiary/aromatic N) is 1. The van der Waals surface area contributed by atoms with Crippen LogP contribution in [0.15, 0.2) is 53.4 Å². The van der Waals surface area contributed by atoms with Crippen molar-refractivity contribution in [2.45, 2.75) is 25.9 Å². The topological polar surface area (TPSA) is 24.9 Å². The normalized spacial score (nSPS) is 12.4. The lowest BCUT2D eigenvalue weighted by Crippen LogP contribution is -2.22. The molecule has 3 aromatic rings. The summed E-state index contributed by atoms with van der Waals surface area (Å²) >= 11 is 3.64. The Kier molecular flexibility index (Phi) is 4.80. The first kappa shape index (κ1) is 14.4. The number of hydrogen-bond donors (Lipinski definition) is 1. The van der Waals surface area contributed by atoms with Gasteiger partial charge >= 0.3 is 0 Å². The van der Waals surface area contributed by atoms with Crippen LogP contribution in [0.1, 0.15) is 27.1 Å². The van der Waals surface area contributed by atoms with Crippen LogP contribution in [-0.2, 0) is 13.0 Å². The van der Waals surface area contributed by atoms with Gasteiger partial charge in [-0.3, -0.25) is 4.98 Å². The summed E-state index contributed by atoms with van der Waals surface area (Å²) in [4.78, 5) is 7.17. The number of thiophene rings is 2. The molecule has 4 heteroatoms. The molecule has 0 saturated carbocycles. The molecule has 1 N–H and O–H groups in total. The molecule has 0 amide bonds. The molecule has 0 aromatic carbocycles. The van der Waals surface area contributed by atoms with Crippen molar-refractivity contribution in [3.63, 3.8) is 0 Å². The second-order valence-electron chi connectivity index (χ2n) is 5.04. The Morgan fingerprint density at radius 3 is 2.62 bits per heavy atom. The number of pyridine rings is 1. The van der Waals surface area contributed by atoms with Crippen LogP contribution in [0.4, 0.5) is 0 Å². The highest BCUT2D eigenvalue weighted by Crippen LogP contribution is 2.25. The van der Waals surface area contributed by atoms with Crippen molar-refractivity contribution in [1.29, 1.82) is 0 Å². The Morgan fingerprint density at radius 1 is 1.10 bits per heavy atom. The Labute approximate surface area is 133 Å². The van der Waals surface area contributed by atoms with Crippen molar-refractivity contribution < 1.29 is 0 Å². The molecule has 3 rings (SSSR count). The first-order chi connectivity index (χ1) is 10.3. The van der Waals surface area contributed by atoms with Crippen LogP contribution in [0.5, 0.6) is 0 Å². The smallest absolute Gasteiger partial charge is 0.0466 e. The summed E-state index contributed by atoms with van der Waals surface area (Å²) in [7, 11) is 0. The molecule has 3 heterocycles. The van der Waals surface area contributed by atoms with Gasteiger partial charge in [-0.05, 0) is 41.4 Å². The second-order valence-corrected chi connectivity index (χ2v) is 7.05. The molecule has 0 radical (unpaired) electrons. The Hall–Kier alpha value is -1.49. The fraction of sp³-hybridized carbons (Fsp3) is 0.235. The molecular formula is C17H18N2S2. The number of aromatic nitrogens is 1. The van der Waals surface area contributed by atoms with Crippen molar-refractivity contribution in [3.8, 4) is 0 Å². The zero-order chi connectivity index (χ0) is 14.5. The molecule has 0 bridgehead atoms. The molecule has 0 aliphatic rings. The molecule has 0 fully saturated rings. The van der Waals surface area contributed by atoms with Crippen molar-refractivity contribution in [3.05, 3.63) is 74.4 Å². The summed E-state index contributed by atoms with van der Waals surface area (Å²) in [6, 6.07) is 13.2. The highest BCUT2D eigenvalue weighted by atomic mass is 32.1. The first-order valence-corrected chi connectivity index (χ1v) is 8.78. The van der Waals surface area contributed by atoms with Crippen LogP contribution in [0.25, 0.3) is 0 Å². The average Bonchev–Trinajstić information content (AvgIpc) is 3.18. The van der Waals surface area contributed by atoms with Crippen LogP contribution in [0, 0.1) is 6.92 Å². The molecule has 0 saturated heterocycles. The predicted octanol–water partition coefficient (Wildman–Crippen LogP) is 4.59. The van der Waals surface area contributed by atoms with Gasteiger partial charge in [0, 0.05) is 40.7 Å². The lowest BCUT2D eigenvalue weighted by atomic mass is 10.1. The van der Waals surface area contributed by atoms with E-state index in [0.29, 0.717) is 6.04 Å². The van der Waals surface area contributed by atoms with Crippen molar-refractivity contribution in [2.75, 3.05) is 0 Å². The molecule has 0 aliphatic carbocycles. The van der Waals surface area contributed by atoms with Crippen LogP contribution in [0.3, 0.4) is 0 Å². The molecule has 0 aliphatic heterocycles. The third-order valence-electron chi connectivity index (χ3n) is 3.40.